The number of nitrogens with one attached hydrogen (secondary N) is 1. The topological polar surface area (TPSA) is 64.6 Å². The summed E-state index contributed by atoms with van der Waals surface area (Å²) in [5, 5.41) is 2.11. The predicted molar refractivity (Wildman–Crippen MR) is 81.2 cm³/mol. The Balaban J connectivity index is 2.72. The summed E-state index contributed by atoms with van der Waals surface area (Å²) >= 11 is 0. The first-order chi connectivity index (χ1) is 11.2. The summed E-state index contributed by atoms with van der Waals surface area (Å²) in [5.74, 6) is -1.68. The number of para-hydroxylation sites is 1. The Bertz CT molecular complexity index is 601. The molecule has 2 unspecified atom stereocenters. The largest absolute Gasteiger partial charge is 0.451 e. The van der Waals surface area contributed by atoms with E-state index in [1.807, 2.05) is 0 Å². The number of benzene rings is 1. The molecule has 0 aliphatic heterocycles. The van der Waals surface area contributed by atoms with Gasteiger partial charge in [0.1, 0.15) is 0 Å². The second-order valence-electron chi connectivity index (χ2n) is 4.88. The van der Waals surface area contributed by atoms with Crippen LogP contribution in [0.25, 0.3) is 0 Å². The molecule has 0 saturated carbocycles. The van der Waals surface area contributed by atoms with Crippen LogP contribution in [0.5, 0.6) is 0 Å². The fraction of sp³-hybridized carbons (Fsp3) is 0.375. The lowest BCUT2D eigenvalue weighted by molar-refractivity contribution is -0.163. The van der Waals surface area contributed by atoms with Crippen molar-refractivity contribution in [1.82, 2.24) is 0 Å². The van der Waals surface area contributed by atoms with Crippen molar-refractivity contribution in [3.8, 4) is 0 Å². The number of carbonyl (C=O) groups is 2. The number of hydrogen-bond acceptors (Lipinski definition) is 4. The first kappa shape index (κ1) is 19.7. The molecule has 1 aromatic carbocycles. The molecule has 0 fully saturated rings. The van der Waals surface area contributed by atoms with E-state index < -0.39 is 41.5 Å². The minimum Gasteiger partial charge on any atom is -0.451 e. The average Bonchev–Trinajstić information content (AvgIpc) is 2.51. The van der Waals surface area contributed by atoms with Gasteiger partial charge < -0.3 is 14.8 Å². The maximum absolute atomic E-state index is 12.9. The second-order valence-corrected chi connectivity index (χ2v) is 4.88. The summed E-state index contributed by atoms with van der Waals surface area (Å²) in [6.07, 6.45) is -5.39. The summed E-state index contributed by atoms with van der Waals surface area (Å²) in [4.78, 5) is 23.7. The first-order valence-corrected chi connectivity index (χ1v) is 7.07. The molecule has 0 radical (unpaired) electrons. The van der Waals surface area contributed by atoms with Crippen molar-refractivity contribution in [3.63, 3.8) is 0 Å². The van der Waals surface area contributed by atoms with E-state index in [1.54, 1.807) is 0 Å². The molecule has 1 N–H and O–H groups in total. The molecule has 24 heavy (non-hydrogen) atoms. The van der Waals surface area contributed by atoms with Crippen LogP contribution in [-0.2, 0) is 25.2 Å². The smallest absolute Gasteiger partial charge is 0.418 e. The molecule has 132 valence electrons. The molecule has 1 rings (SSSR count). The number of alkyl halides is 3. The quantitative estimate of drug-likeness (QED) is 0.609. The number of hydrogen-bond donors (Lipinski definition) is 1. The number of rotatable bonds is 7. The van der Waals surface area contributed by atoms with Crippen LogP contribution >= 0.6 is 0 Å². The SMILES string of the molecule is C=CCOC(C)C(=O)OC(C)C(=O)Nc1ccccc1C(F)(F)F. The number of amides is 1. The van der Waals surface area contributed by atoms with Gasteiger partial charge in [0, 0.05) is 0 Å². The van der Waals surface area contributed by atoms with E-state index in [-0.39, 0.29) is 6.61 Å². The van der Waals surface area contributed by atoms with Crippen molar-refractivity contribution in [2.24, 2.45) is 0 Å². The van der Waals surface area contributed by atoms with Gasteiger partial charge in [0.15, 0.2) is 12.2 Å². The van der Waals surface area contributed by atoms with Crippen molar-refractivity contribution in [2.75, 3.05) is 11.9 Å². The van der Waals surface area contributed by atoms with Crippen molar-refractivity contribution in [1.29, 1.82) is 0 Å². The normalized spacial score (nSPS) is 13.7. The molecule has 1 aromatic rings. The number of anilines is 1. The van der Waals surface area contributed by atoms with Crippen LogP contribution < -0.4 is 5.32 Å². The lowest BCUT2D eigenvalue weighted by atomic mass is 10.1. The van der Waals surface area contributed by atoms with Crippen LogP contribution in [0.15, 0.2) is 36.9 Å². The lowest BCUT2D eigenvalue weighted by Gasteiger charge is -2.18. The Kier molecular flexibility index (Phi) is 6.97. The highest BCUT2D eigenvalue weighted by atomic mass is 19.4. The van der Waals surface area contributed by atoms with Gasteiger partial charge in [0.2, 0.25) is 0 Å². The lowest BCUT2D eigenvalue weighted by Crippen LogP contribution is -2.34. The van der Waals surface area contributed by atoms with Crippen LogP contribution in [0.4, 0.5) is 18.9 Å². The Morgan fingerprint density at radius 3 is 2.46 bits per heavy atom. The summed E-state index contributed by atoms with van der Waals surface area (Å²) < 4.78 is 48.5. The minimum atomic E-state index is -4.61. The third-order valence-electron chi connectivity index (χ3n) is 2.95. The maximum atomic E-state index is 12.9. The summed E-state index contributed by atoms with van der Waals surface area (Å²) in [7, 11) is 0. The van der Waals surface area contributed by atoms with Crippen molar-refractivity contribution < 1.29 is 32.2 Å². The van der Waals surface area contributed by atoms with E-state index in [0.29, 0.717) is 0 Å². The number of esters is 1. The van der Waals surface area contributed by atoms with E-state index in [4.69, 9.17) is 9.47 Å². The van der Waals surface area contributed by atoms with Gasteiger partial charge >= 0.3 is 12.1 Å². The predicted octanol–water partition coefficient (Wildman–Crippen LogP) is 3.17. The number of halogens is 3. The van der Waals surface area contributed by atoms with Crippen molar-refractivity contribution >= 4 is 17.6 Å². The monoisotopic (exact) mass is 345 g/mol. The van der Waals surface area contributed by atoms with Gasteiger partial charge in [-0.3, -0.25) is 4.79 Å². The minimum absolute atomic E-state index is 0.121. The van der Waals surface area contributed by atoms with Crippen LogP contribution in [0.1, 0.15) is 19.4 Å². The zero-order valence-corrected chi connectivity index (χ0v) is 13.2. The number of carbonyl (C=O) groups excluding carboxylic acids is 2. The molecule has 0 aliphatic rings. The molecule has 0 bridgehead atoms. The Morgan fingerprint density at radius 1 is 1.25 bits per heavy atom. The molecule has 0 aromatic heterocycles. The van der Waals surface area contributed by atoms with E-state index in [0.717, 1.165) is 12.1 Å². The van der Waals surface area contributed by atoms with Gasteiger partial charge in [-0.1, -0.05) is 18.2 Å². The molecule has 2 atom stereocenters. The Labute approximate surface area is 137 Å². The molecule has 1 amide bonds. The highest BCUT2D eigenvalue weighted by molar-refractivity contribution is 5.96. The molecule has 0 heterocycles. The first-order valence-electron chi connectivity index (χ1n) is 7.07. The third-order valence-corrected chi connectivity index (χ3v) is 2.95. The average molecular weight is 345 g/mol. The van der Waals surface area contributed by atoms with Crippen LogP contribution in [0, 0.1) is 0 Å². The zero-order chi connectivity index (χ0) is 18.3. The van der Waals surface area contributed by atoms with Gasteiger partial charge in [-0.2, -0.15) is 13.2 Å². The standard InChI is InChI=1S/C16H18F3NO4/c1-4-9-23-11(3)15(22)24-10(2)14(21)20-13-8-6-5-7-12(13)16(17,18)19/h4-8,10-11H,1,9H2,2-3H3,(H,20,21). The fourth-order valence-electron chi connectivity index (χ4n) is 1.68. The molecular formula is C16H18F3NO4. The summed E-state index contributed by atoms with van der Waals surface area (Å²) in [6.45, 7) is 6.22. The highest BCUT2D eigenvalue weighted by Gasteiger charge is 2.34. The molecule has 0 spiro atoms. The van der Waals surface area contributed by atoms with Gasteiger partial charge in [0.05, 0.1) is 17.9 Å². The summed E-state index contributed by atoms with van der Waals surface area (Å²) in [6, 6.07) is 4.52. The molecular weight excluding hydrogens is 327 g/mol. The Morgan fingerprint density at radius 2 is 1.88 bits per heavy atom. The van der Waals surface area contributed by atoms with Crippen LogP contribution in [-0.4, -0.2) is 30.7 Å². The molecule has 5 nitrogen and oxygen atoms in total. The highest BCUT2D eigenvalue weighted by Crippen LogP contribution is 2.34. The van der Waals surface area contributed by atoms with Crippen LogP contribution in [0.3, 0.4) is 0 Å². The summed E-state index contributed by atoms with van der Waals surface area (Å²) in [5.41, 5.74) is -1.39. The Hall–Kier alpha value is -2.35. The van der Waals surface area contributed by atoms with E-state index in [2.05, 4.69) is 11.9 Å². The van der Waals surface area contributed by atoms with Gasteiger partial charge in [-0.25, -0.2) is 4.79 Å². The number of ether oxygens (including phenoxy) is 2. The van der Waals surface area contributed by atoms with E-state index in [1.165, 1.54) is 32.1 Å². The van der Waals surface area contributed by atoms with Gasteiger partial charge in [-0.15, -0.1) is 6.58 Å². The van der Waals surface area contributed by atoms with Gasteiger partial charge in [-0.05, 0) is 26.0 Å². The van der Waals surface area contributed by atoms with Crippen molar-refractivity contribution in [2.45, 2.75) is 32.2 Å². The molecule has 0 aliphatic carbocycles. The fourth-order valence-corrected chi connectivity index (χ4v) is 1.68. The second kappa shape index (κ2) is 8.49. The molecule has 8 heteroatoms. The van der Waals surface area contributed by atoms with Crippen molar-refractivity contribution in [3.05, 3.63) is 42.5 Å². The van der Waals surface area contributed by atoms with Gasteiger partial charge in [0.25, 0.3) is 5.91 Å². The zero-order valence-electron chi connectivity index (χ0n) is 13.2. The molecule has 0 saturated heterocycles. The maximum Gasteiger partial charge on any atom is 0.418 e. The third kappa shape index (κ3) is 5.69. The van der Waals surface area contributed by atoms with E-state index in [9.17, 15) is 22.8 Å². The van der Waals surface area contributed by atoms with Crippen LogP contribution in [0.2, 0.25) is 0 Å². The van der Waals surface area contributed by atoms with E-state index >= 15 is 0 Å².